The molecule has 1 aromatic rings. The third-order valence-corrected chi connectivity index (χ3v) is 3.07. The summed E-state index contributed by atoms with van der Waals surface area (Å²) >= 11 is 0. The van der Waals surface area contributed by atoms with Crippen LogP contribution < -0.4 is 5.73 Å². The number of hydrogen-bond donors (Lipinski definition) is 1. The van der Waals surface area contributed by atoms with Gasteiger partial charge in [-0.3, -0.25) is 0 Å². The van der Waals surface area contributed by atoms with Gasteiger partial charge in [0.15, 0.2) is 0 Å². The molecule has 1 saturated carbocycles. The predicted octanol–water partition coefficient (Wildman–Crippen LogP) is 2.61. The Morgan fingerprint density at radius 1 is 1.11 bits per heavy atom. The van der Waals surface area contributed by atoms with E-state index in [-0.39, 0.29) is 24.1 Å². The molecule has 0 radical (unpaired) electrons. The summed E-state index contributed by atoms with van der Waals surface area (Å²) in [6.07, 6.45) is -1.21. The van der Waals surface area contributed by atoms with E-state index in [4.69, 9.17) is 5.73 Å². The van der Waals surface area contributed by atoms with Crippen LogP contribution in [0.4, 0.5) is 19.1 Å². The second-order valence-corrected chi connectivity index (χ2v) is 4.56. The van der Waals surface area contributed by atoms with Crippen LogP contribution in [-0.4, -0.2) is 21.1 Å². The first-order valence-corrected chi connectivity index (χ1v) is 6.01. The molecule has 2 N–H and O–H groups in total. The molecule has 0 atom stereocenters. The van der Waals surface area contributed by atoms with Gasteiger partial charge in [0.2, 0.25) is 5.95 Å². The number of aromatic nitrogens is 3. The summed E-state index contributed by atoms with van der Waals surface area (Å²) in [5, 5.41) is 0. The summed E-state index contributed by atoms with van der Waals surface area (Å²) in [6, 6.07) is 0. The van der Waals surface area contributed by atoms with E-state index in [1.54, 1.807) is 0 Å². The van der Waals surface area contributed by atoms with Crippen molar-refractivity contribution in [2.75, 3.05) is 5.73 Å². The van der Waals surface area contributed by atoms with Crippen LogP contribution in [0.2, 0.25) is 0 Å². The average Bonchev–Trinajstić information content (AvgIpc) is 2.78. The first-order chi connectivity index (χ1) is 8.44. The smallest absolute Gasteiger partial charge is 0.368 e. The molecular formula is C11H15F3N4. The van der Waals surface area contributed by atoms with Crippen molar-refractivity contribution < 1.29 is 13.2 Å². The number of nitrogens with zero attached hydrogens (tertiary/aromatic N) is 3. The number of halogens is 3. The molecule has 0 spiro atoms. The molecule has 4 nitrogen and oxygen atoms in total. The van der Waals surface area contributed by atoms with Gasteiger partial charge >= 0.3 is 6.18 Å². The van der Waals surface area contributed by atoms with Crippen molar-refractivity contribution >= 4 is 5.95 Å². The summed E-state index contributed by atoms with van der Waals surface area (Å²) in [5.74, 6) is 0.933. The fraction of sp³-hybridized carbons (Fsp3) is 0.727. The highest BCUT2D eigenvalue weighted by Gasteiger charge is 2.28. The second-order valence-electron chi connectivity index (χ2n) is 4.56. The zero-order valence-corrected chi connectivity index (χ0v) is 9.87. The van der Waals surface area contributed by atoms with Gasteiger partial charge < -0.3 is 5.73 Å². The fourth-order valence-electron chi connectivity index (χ4n) is 2.19. The minimum absolute atomic E-state index is 0.0177. The third kappa shape index (κ3) is 3.54. The molecule has 100 valence electrons. The Bertz CT molecular complexity index is 413. The first-order valence-electron chi connectivity index (χ1n) is 6.01. The molecule has 1 aliphatic carbocycles. The number of nitrogen functional groups attached to an aromatic ring is 1. The SMILES string of the molecule is Nc1nc(CCC(F)(F)F)nc(C2CCCC2)n1. The van der Waals surface area contributed by atoms with Crippen LogP contribution in [0, 0.1) is 0 Å². The lowest BCUT2D eigenvalue weighted by atomic mass is 10.1. The van der Waals surface area contributed by atoms with Crippen molar-refractivity contribution in [3.05, 3.63) is 11.6 Å². The lowest BCUT2D eigenvalue weighted by Gasteiger charge is -2.10. The van der Waals surface area contributed by atoms with Crippen molar-refractivity contribution in [2.45, 2.75) is 50.6 Å². The molecule has 0 aliphatic heterocycles. The van der Waals surface area contributed by atoms with E-state index in [0.29, 0.717) is 5.82 Å². The maximum Gasteiger partial charge on any atom is 0.389 e. The zero-order valence-electron chi connectivity index (χ0n) is 9.87. The molecular weight excluding hydrogens is 245 g/mol. The Hall–Kier alpha value is -1.40. The van der Waals surface area contributed by atoms with Gasteiger partial charge in [-0.1, -0.05) is 12.8 Å². The molecule has 1 aliphatic rings. The zero-order chi connectivity index (χ0) is 13.2. The van der Waals surface area contributed by atoms with Crippen molar-refractivity contribution in [3.63, 3.8) is 0 Å². The highest BCUT2D eigenvalue weighted by molar-refractivity contribution is 5.18. The molecule has 18 heavy (non-hydrogen) atoms. The summed E-state index contributed by atoms with van der Waals surface area (Å²) in [4.78, 5) is 11.9. The molecule has 7 heteroatoms. The minimum atomic E-state index is -4.20. The van der Waals surface area contributed by atoms with Gasteiger partial charge in [0.1, 0.15) is 11.6 Å². The summed E-state index contributed by atoms with van der Waals surface area (Å²) in [6.45, 7) is 0. The average molecular weight is 260 g/mol. The van der Waals surface area contributed by atoms with Crippen LogP contribution in [0.15, 0.2) is 0 Å². The van der Waals surface area contributed by atoms with Gasteiger partial charge in [-0.05, 0) is 12.8 Å². The predicted molar refractivity (Wildman–Crippen MR) is 59.8 cm³/mol. The summed E-state index contributed by atoms with van der Waals surface area (Å²) < 4.78 is 36.4. The molecule has 1 heterocycles. The molecule has 0 bridgehead atoms. The van der Waals surface area contributed by atoms with Gasteiger partial charge in [-0.2, -0.15) is 23.1 Å². The van der Waals surface area contributed by atoms with Gasteiger partial charge in [0.05, 0.1) is 6.42 Å². The van der Waals surface area contributed by atoms with E-state index < -0.39 is 12.6 Å². The molecule has 0 unspecified atom stereocenters. The van der Waals surface area contributed by atoms with Crippen molar-refractivity contribution in [1.82, 2.24) is 15.0 Å². The monoisotopic (exact) mass is 260 g/mol. The quantitative estimate of drug-likeness (QED) is 0.907. The minimum Gasteiger partial charge on any atom is -0.368 e. The van der Waals surface area contributed by atoms with E-state index in [1.807, 2.05) is 0 Å². The Morgan fingerprint density at radius 2 is 1.78 bits per heavy atom. The lowest BCUT2D eigenvalue weighted by molar-refractivity contribution is -0.134. The molecule has 1 aromatic heterocycles. The Labute approximate surface area is 103 Å². The fourth-order valence-corrected chi connectivity index (χ4v) is 2.19. The number of aryl methyl sites for hydroxylation is 1. The second kappa shape index (κ2) is 5.07. The molecule has 2 rings (SSSR count). The number of hydrogen-bond acceptors (Lipinski definition) is 4. The van der Waals surface area contributed by atoms with Gasteiger partial charge in [-0.15, -0.1) is 0 Å². The summed E-state index contributed by atoms with van der Waals surface area (Å²) in [5.41, 5.74) is 5.52. The maximum absolute atomic E-state index is 12.1. The van der Waals surface area contributed by atoms with Gasteiger partial charge in [-0.25, -0.2) is 4.98 Å². The van der Waals surface area contributed by atoms with Crippen LogP contribution in [0.1, 0.15) is 49.7 Å². The van der Waals surface area contributed by atoms with Crippen LogP contribution >= 0.6 is 0 Å². The van der Waals surface area contributed by atoms with Crippen LogP contribution in [0.25, 0.3) is 0 Å². The number of anilines is 1. The van der Waals surface area contributed by atoms with Crippen molar-refractivity contribution in [3.8, 4) is 0 Å². The Balaban J connectivity index is 2.10. The number of rotatable bonds is 3. The Kier molecular flexibility index (Phi) is 3.68. The normalized spacial score (nSPS) is 17.3. The molecule has 1 fully saturated rings. The van der Waals surface area contributed by atoms with Gasteiger partial charge in [0.25, 0.3) is 0 Å². The van der Waals surface area contributed by atoms with Crippen molar-refractivity contribution in [1.29, 1.82) is 0 Å². The topological polar surface area (TPSA) is 64.7 Å². The van der Waals surface area contributed by atoms with Gasteiger partial charge in [0, 0.05) is 12.3 Å². The molecule has 0 saturated heterocycles. The van der Waals surface area contributed by atoms with E-state index in [1.165, 1.54) is 0 Å². The van der Waals surface area contributed by atoms with E-state index in [0.717, 1.165) is 25.7 Å². The first kappa shape index (κ1) is 13.0. The summed E-state index contributed by atoms with van der Waals surface area (Å²) in [7, 11) is 0. The van der Waals surface area contributed by atoms with Crippen LogP contribution in [0.3, 0.4) is 0 Å². The third-order valence-electron chi connectivity index (χ3n) is 3.07. The van der Waals surface area contributed by atoms with E-state index in [2.05, 4.69) is 15.0 Å². The molecule has 0 amide bonds. The highest BCUT2D eigenvalue weighted by atomic mass is 19.4. The van der Waals surface area contributed by atoms with E-state index >= 15 is 0 Å². The van der Waals surface area contributed by atoms with Crippen LogP contribution in [0.5, 0.6) is 0 Å². The molecule has 0 aromatic carbocycles. The van der Waals surface area contributed by atoms with Crippen molar-refractivity contribution in [2.24, 2.45) is 0 Å². The maximum atomic E-state index is 12.1. The van der Waals surface area contributed by atoms with Crippen LogP contribution in [-0.2, 0) is 6.42 Å². The number of alkyl halides is 3. The number of nitrogens with two attached hydrogens (primary N) is 1. The highest BCUT2D eigenvalue weighted by Crippen LogP contribution is 2.32. The standard InChI is InChI=1S/C11H15F3N4/c12-11(13,14)6-5-8-16-9(18-10(15)17-8)7-3-1-2-4-7/h7H,1-6H2,(H2,15,16,17,18). The largest absolute Gasteiger partial charge is 0.389 e. The lowest BCUT2D eigenvalue weighted by Crippen LogP contribution is -2.13. The van der Waals surface area contributed by atoms with E-state index in [9.17, 15) is 13.2 Å². The Morgan fingerprint density at radius 3 is 2.39 bits per heavy atom.